The first-order chi connectivity index (χ1) is 6.66. The molecule has 2 nitrogen and oxygen atoms in total. The lowest BCUT2D eigenvalue weighted by molar-refractivity contribution is -0.116. The van der Waals surface area contributed by atoms with Crippen molar-refractivity contribution in [3.63, 3.8) is 0 Å². The van der Waals surface area contributed by atoms with E-state index in [2.05, 4.69) is 4.98 Å². The van der Waals surface area contributed by atoms with Gasteiger partial charge in [0.15, 0.2) is 0 Å². The minimum Gasteiger partial charge on any atom is -0.361 e. The molecule has 2 aromatic rings. The molecule has 0 aliphatic heterocycles. The zero-order chi connectivity index (χ0) is 10.1. The molecule has 1 aromatic carbocycles. The number of ketones is 1. The van der Waals surface area contributed by atoms with Crippen molar-refractivity contribution in [1.29, 1.82) is 0 Å². The second-order valence-electron chi connectivity index (χ2n) is 3.38. The van der Waals surface area contributed by atoms with Gasteiger partial charge in [0.05, 0.1) is 0 Å². The number of fused-ring (bicyclic) bond motifs is 1. The molecule has 0 unspecified atom stereocenters. The SMILES string of the molecule is CC(=O)Cc1c[nH]c2ccc(Cl)cc12. The molecule has 0 aliphatic carbocycles. The van der Waals surface area contributed by atoms with Gasteiger partial charge in [0.2, 0.25) is 0 Å². The fraction of sp³-hybridized carbons (Fsp3) is 0.182. The normalized spacial score (nSPS) is 10.7. The summed E-state index contributed by atoms with van der Waals surface area (Å²) in [5, 5.41) is 1.73. The first kappa shape index (κ1) is 9.28. The van der Waals surface area contributed by atoms with Gasteiger partial charge in [0, 0.05) is 28.5 Å². The standard InChI is InChI=1S/C11H10ClNO/c1-7(14)4-8-6-13-11-3-2-9(12)5-10(8)11/h2-3,5-6,13H,4H2,1H3. The van der Waals surface area contributed by atoms with Gasteiger partial charge in [-0.3, -0.25) is 4.79 Å². The molecule has 0 bridgehead atoms. The summed E-state index contributed by atoms with van der Waals surface area (Å²) in [6.07, 6.45) is 2.32. The van der Waals surface area contributed by atoms with Crippen LogP contribution in [0.1, 0.15) is 12.5 Å². The highest BCUT2D eigenvalue weighted by Gasteiger charge is 2.05. The Morgan fingerprint density at radius 2 is 2.29 bits per heavy atom. The van der Waals surface area contributed by atoms with E-state index in [9.17, 15) is 4.79 Å². The van der Waals surface area contributed by atoms with Crippen molar-refractivity contribution in [2.24, 2.45) is 0 Å². The highest BCUT2D eigenvalue weighted by Crippen LogP contribution is 2.22. The van der Waals surface area contributed by atoms with Crippen LogP contribution in [0.15, 0.2) is 24.4 Å². The van der Waals surface area contributed by atoms with E-state index >= 15 is 0 Å². The van der Waals surface area contributed by atoms with Crippen LogP contribution in [0, 0.1) is 0 Å². The lowest BCUT2D eigenvalue weighted by Crippen LogP contribution is -1.94. The molecule has 0 spiro atoms. The maximum absolute atomic E-state index is 11.0. The fourth-order valence-electron chi connectivity index (χ4n) is 1.57. The Kier molecular flexibility index (Phi) is 2.30. The van der Waals surface area contributed by atoms with Crippen LogP contribution in [-0.2, 0) is 11.2 Å². The largest absolute Gasteiger partial charge is 0.361 e. The quantitative estimate of drug-likeness (QED) is 0.807. The molecular formula is C11H10ClNO. The number of carbonyl (C=O) groups excluding carboxylic acids is 1. The second-order valence-corrected chi connectivity index (χ2v) is 3.82. The Bertz CT molecular complexity index is 487. The van der Waals surface area contributed by atoms with Crippen LogP contribution < -0.4 is 0 Å². The van der Waals surface area contributed by atoms with E-state index in [1.54, 1.807) is 6.92 Å². The van der Waals surface area contributed by atoms with E-state index in [0.29, 0.717) is 11.4 Å². The van der Waals surface area contributed by atoms with Crippen LogP contribution >= 0.6 is 11.6 Å². The summed E-state index contributed by atoms with van der Waals surface area (Å²) in [5.41, 5.74) is 2.03. The van der Waals surface area contributed by atoms with Crippen molar-refractivity contribution in [2.45, 2.75) is 13.3 Å². The monoisotopic (exact) mass is 207 g/mol. The molecule has 14 heavy (non-hydrogen) atoms. The third-order valence-electron chi connectivity index (χ3n) is 2.17. The molecule has 0 atom stereocenters. The number of hydrogen-bond acceptors (Lipinski definition) is 1. The lowest BCUT2D eigenvalue weighted by Gasteiger charge is -1.95. The van der Waals surface area contributed by atoms with E-state index in [1.807, 2.05) is 24.4 Å². The number of H-pyrrole nitrogens is 1. The number of nitrogens with one attached hydrogen (secondary N) is 1. The summed E-state index contributed by atoms with van der Waals surface area (Å²) < 4.78 is 0. The zero-order valence-electron chi connectivity index (χ0n) is 7.80. The van der Waals surface area contributed by atoms with Crippen molar-refractivity contribution in [1.82, 2.24) is 4.98 Å². The summed E-state index contributed by atoms with van der Waals surface area (Å²) in [6.45, 7) is 1.59. The van der Waals surface area contributed by atoms with Gasteiger partial charge in [-0.15, -0.1) is 0 Å². The molecule has 3 heteroatoms. The Morgan fingerprint density at radius 3 is 3.00 bits per heavy atom. The number of hydrogen-bond donors (Lipinski definition) is 1. The molecule has 0 saturated carbocycles. The molecule has 72 valence electrons. The van der Waals surface area contributed by atoms with E-state index in [-0.39, 0.29) is 5.78 Å². The van der Waals surface area contributed by atoms with Gasteiger partial charge >= 0.3 is 0 Å². The predicted molar refractivity (Wildman–Crippen MR) is 57.7 cm³/mol. The predicted octanol–water partition coefficient (Wildman–Crippen LogP) is 2.95. The molecule has 0 amide bonds. The van der Waals surface area contributed by atoms with Gasteiger partial charge in [0.1, 0.15) is 5.78 Å². The van der Waals surface area contributed by atoms with Crippen LogP contribution in [0.3, 0.4) is 0 Å². The van der Waals surface area contributed by atoms with Gasteiger partial charge in [-0.1, -0.05) is 11.6 Å². The third kappa shape index (κ3) is 1.66. The number of rotatable bonds is 2. The maximum atomic E-state index is 11.0. The Balaban J connectivity index is 2.55. The Morgan fingerprint density at radius 1 is 1.50 bits per heavy atom. The number of aromatic amines is 1. The zero-order valence-corrected chi connectivity index (χ0v) is 8.56. The van der Waals surface area contributed by atoms with Crippen LogP contribution in [0.5, 0.6) is 0 Å². The van der Waals surface area contributed by atoms with E-state index in [1.165, 1.54) is 0 Å². The van der Waals surface area contributed by atoms with Crippen molar-refractivity contribution >= 4 is 28.3 Å². The molecule has 2 rings (SSSR count). The van der Waals surface area contributed by atoms with Crippen molar-refractivity contribution < 1.29 is 4.79 Å². The second kappa shape index (κ2) is 3.46. The molecule has 1 aromatic heterocycles. The molecule has 0 saturated heterocycles. The van der Waals surface area contributed by atoms with Crippen molar-refractivity contribution in [3.05, 3.63) is 35.0 Å². The first-order valence-electron chi connectivity index (χ1n) is 4.42. The average molecular weight is 208 g/mol. The lowest BCUT2D eigenvalue weighted by atomic mass is 10.1. The summed E-state index contributed by atoms with van der Waals surface area (Å²) in [4.78, 5) is 14.1. The summed E-state index contributed by atoms with van der Waals surface area (Å²) in [7, 11) is 0. The highest BCUT2D eigenvalue weighted by atomic mass is 35.5. The van der Waals surface area contributed by atoms with Gasteiger partial charge < -0.3 is 4.98 Å². The fourth-order valence-corrected chi connectivity index (χ4v) is 1.74. The van der Waals surface area contributed by atoms with Crippen LogP contribution in [-0.4, -0.2) is 10.8 Å². The van der Waals surface area contributed by atoms with Crippen molar-refractivity contribution in [2.75, 3.05) is 0 Å². The van der Waals surface area contributed by atoms with Gasteiger partial charge in [-0.2, -0.15) is 0 Å². The van der Waals surface area contributed by atoms with Crippen LogP contribution in [0.25, 0.3) is 10.9 Å². The minimum absolute atomic E-state index is 0.158. The molecular weight excluding hydrogens is 198 g/mol. The average Bonchev–Trinajstić information content (AvgIpc) is 2.47. The molecule has 1 N–H and O–H groups in total. The maximum Gasteiger partial charge on any atom is 0.134 e. The third-order valence-corrected chi connectivity index (χ3v) is 2.40. The minimum atomic E-state index is 0.158. The van der Waals surface area contributed by atoms with Crippen LogP contribution in [0.4, 0.5) is 0 Å². The number of carbonyl (C=O) groups is 1. The smallest absolute Gasteiger partial charge is 0.134 e. The van der Waals surface area contributed by atoms with Crippen molar-refractivity contribution in [3.8, 4) is 0 Å². The van der Waals surface area contributed by atoms with E-state index in [4.69, 9.17) is 11.6 Å². The van der Waals surface area contributed by atoms with Gasteiger partial charge in [-0.25, -0.2) is 0 Å². The summed E-state index contributed by atoms with van der Waals surface area (Å²) in [5.74, 6) is 0.158. The number of Topliss-reactive ketones (excluding diaryl/α,β-unsaturated/α-hetero) is 1. The van der Waals surface area contributed by atoms with Gasteiger partial charge in [0.25, 0.3) is 0 Å². The van der Waals surface area contributed by atoms with E-state index < -0.39 is 0 Å². The van der Waals surface area contributed by atoms with Gasteiger partial charge in [-0.05, 0) is 30.7 Å². The first-order valence-corrected chi connectivity index (χ1v) is 4.79. The highest BCUT2D eigenvalue weighted by molar-refractivity contribution is 6.31. The Hall–Kier alpha value is -1.28. The Labute approximate surface area is 86.9 Å². The molecule has 0 fully saturated rings. The molecule has 1 heterocycles. The topological polar surface area (TPSA) is 32.9 Å². The summed E-state index contributed by atoms with van der Waals surface area (Å²) >= 11 is 5.89. The molecule has 0 radical (unpaired) electrons. The number of halogens is 1. The van der Waals surface area contributed by atoms with E-state index in [0.717, 1.165) is 16.5 Å². The van der Waals surface area contributed by atoms with Crippen LogP contribution in [0.2, 0.25) is 5.02 Å². The molecule has 0 aliphatic rings. The number of aromatic nitrogens is 1. The number of benzene rings is 1. The summed E-state index contributed by atoms with van der Waals surface area (Å²) in [6, 6.07) is 5.63.